The van der Waals surface area contributed by atoms with E-state index in [1.165, 1.54) is 6.07 Å². The van der Waals surface area contributed by atoms with Crippen LogP contribution in [0.3, 0.4) is 0 Å². The first-order chi connectivity index (χ1) is 13.9. The number of aliphatic imine (C=N–C) groups is 1. The third-order valence-electron chi connectivity index (χ3n) is 4.69. The normalized spacial score (nSPS) is 13.9. The molecule has 0 fully saturated rings. The molecule has 0 aromatic heterocycles. The second-order valence-electron chi connectivity index (χ2n) is 6.88. The van der Waals surface area contributed by atoms with Gasteiger partial charge in [0, 0.05) is 0 Å². The van der Waals surface area contributed by atoms with Gasteiger partial charge in [-0.15, -0.1) is 0 Å². The van der Waals surface area contributed by atoms with Gasteiger partial charge in [0.2, 0.25) is 5.91 Å². The van der Waals surface area contributed by atoms with E-state index in [0.717, 1.165) is 35.2 Å². The fourth-order valence-corrected chi connectivity index (χ4v) is 3.30. The van der Waals surface area contributed by atoms with Crippen LogP contribution in [0.25, 0.3) is 0 Å². The first kappa shape index (κ1) is 18.9. The molecule has 1 N–H and O–H groups in total. The lowest BCUT2D eigenvalue weighted by molar-refractivity contribution is -0.137. The highest BCUT2D eigenvalue weighted by atomic mass is 19.4. The van der Waals surface area contributed by atoms with Gasteiger partial charge in [-0.3, -0.25) is 9.79 Å². The Hall–Kier alpha value is -3.41. The molecule has 6 heteroatoms. The molecule has 0 saturated heterocycles. The highest BCUT2D eigenvalue weighted by Gasteiger charge is 2.31. The van der Waals surface area contributed by atoms with E-state index in [1.54, 1.807) is 0 Å². The molecular weight excluding hydrogens is 377 g/mol. The van der Waals surface area contributed by atoms with Gasteiger partial charge < -0.3 is 5.32 Å². The van der Waals surface area contributed by atoms with Crippen LogP contribution in [0, 0.1) is 0 Å². The van der Waals surface area contributed by atoms with E-state index in [-0.39, 0.29) is 12.1 Å². The third kappa shape index (κ3) is 4.37. The molecule has 1 aliphatic rings. The molecule has 1 amide bonds. The fraction of sp³-hybridized carbons (Fsp3) is 0.130. The highest BCUT2D eigenvalue weighted by Crippen LogP contribution is 2.36. The lowest BCUT2D eigenvalue weighted by Crippen LogP contribution is -2.15. The van der Waals surface area contributed by atoms with Crippen LogP contribution in [0.15, 0.2) is 77.8 Å². The molecule has 3 aromatic rings. The van der Waals surface area contributed by atoms with E-state index < -0.39 is 17.6 Å². The largest absolute Gasteiger partial charge is 0.416 e. The van der Waals surface area contributed by atoms with Crippen LogP contribution in [0.1, 0.15) is 28.7 Å². The zero-order chi connectivity index (χ0) is 20.4. The van der Waals surface area contributed by atoms with Crippen LogP contribution in [-0.2, 0) is 17.4 Å². The summed E-state index contributed by atoms with van der Waals surface area (Å²) in [5.41, 5.74) is 3.09. The standard InChI is InChI=1S/C23H17F3N2O/c24-23(25,26)18-9-10-19-21(13-18)28-22(29)14-20(27-19)17-8-4-7-16(12-17)11-15-5-2-1-3-6-15/h1-10,12-13H,11,14H2,(H,28,29). The van der Waals surface area contributed by atoms with Crippen molar-refractivity contribution in [1.29, 1.82) is 0 Å². The Balaban J connectivity index is 1.68. The minimum absolute atomic E-state index is 0.00911. The molecule has 0 bridgehead atoms. The summed E-state index contributed by atoms with van der Waals surface area (Å²) < 4.78 is 38.9. The lowest BCUT2D eigenvalue weighted by atomic mass is 9.99. The number of amides is 1. The van der Waals surface area contributed by atoms with E-state index >= 15 is 0 Å². The van der Waals surface area contributed by atoms with E-state index in [4.69, 9.17) is 0 Å². The quantitative estimate of drug-likeness (QED) is 0.603. The maximum Gasteiger partial charge on any atom is 0.416 e. The Morgan fingerprint density at radius 1 is 0.897 bits per heavy atom. The van der Waals surface area contributed by atoms with Gasteiger partial charge in [0.15, 0.2) is 0 Å². The molecule has 0 spiro atoms. The summed E-state index contributed by atoms with van der Waals surface area (Å²) in [6, 6.07) is 20.9. The van der Waals surface area contributed by atoms with Crippen molar-refractivity contribution in [1.82, 2.24) is 0 Å². The minimum atomic E-state index is -4.48. The van der Waals surface area contributed by atoms with Crippen LogP contribution in [0.5, 0.6) is 0 Å². The molecule has 3 nitrogen and oxygen atoms in total. The van der Waals surface area contributed by atoms with Crippen LogP contribution in [0.4, 0.5) is 24.5 Å². The van der Waals surface area contributed by atoms with Gasteiger partial charge in [-0.1, -0.05) is 48.5 Å². The summed E-state index contributed by atoms with van der Waals surface area (Å²) in [5.74, 6) is -0.393. The number of rotatable bonds is 3. The Labute approximate surface area is 165 Å². The van der Waals surface area contributed by atoms with Crippen LogP contribution < -0.4 is 5.32 Å². The molecule has 3 aromatic carbocycles. The number of anilines is 1. The van der Waals surface area contributed by atoms with Crippen molar-refractivity contribution in [2.24, 2.45) is 4.99 Å². The maximum absolute atomic E-state index is 13.0. The summed E-state index contributed by atoms with van der Waals surface area (Å²) in [5, 5.41) is 2.54. The van der Waals surface area contributed by atoms with Crippen LogP contribution >= 0.6 is 0 Å². The average molecular weight is 394 g/mol. The number of nitrogens with one attached hydrogen (secondary N) is 1. The second kappa shape index (κ2) is 7.54. The van der Waals surface area contributed by atoms with Crippen LogP contribution in [-0.4, -0.2) is 11.6 Å². The summed E-state index contributed by atoms with van der Waals surface area (Å²) in [6.07, 6.45) is -3.76. The molecule has 0 aliphatic carbocycles. The van der Waals surface area contributed by atoms with E-state index in [9.17, 15) is 18.0 Å². The second-order valence-corrected chi connectivity index (χ2v) is 6.88. The molecule has 1 aliphatic heterocycles. The Morgan fingerprint density at radius 2 is 1.66 bits per heavy atom. The van der Waals surface area contributed by atoms with Gasteiger partial charge in [-0.25, -0.2) is 0 Å². The summed E-state index contributed by atoms with van der Waals surface area (Å²) in [6.45, 7) is 0. The lowest BCUT2D eigenvalue weighted by Gasteiger charge is -2.10. The molecule has 1 heterocycles. The summed E-state index contributed by atoms with van der Waals surface area (Å²) >= 11 is 0. The molecule has 0 saturated carbocycles. The fourth-order valence-electron chi connectivity index (χ4n) is 3.30. The molecule has 4 rings (SSSR count). The number of hydrogen-bond donors (Lipinski definition) is 1. The zero-order valence-electron chi connectivity index (χ0n) is 15.3. The van der Waals surface area contributed by atoms with Crippen molar-refractivity contribution < 1.29 is 18.0 Å². The van der Waals surface area contributed by atoms with Gasteiger partial charge in [-0.05, 0) is 47.4 Å². The number of benzene rings is 3. The minimum Gasteiger partial charge on any atom is -0.324 e. The molecule has 0 atom stereocenters. The summed E-state index contributed by atoms with van der Waals surface area (Å²) in [4.78, 5) is 16.8. The molecule has 146 valence electrons. The van der Waals surface area contributed by atoms with Crippen molar-refractivity contribution >= 4 is 23.0 Å². The number of nitrogens with zero attached hydrogens (tertiary/aromatic N) is 1. The monoisotopic (exact) mass is 394 g/mol. The first-order valence-corrected chi connectivity index (χ1v) is 9.10. The van der Waals surface area contributed by atoms with E-state index in [0.29, 0.717) is 11.4 Å². The number of hydrogen-bond acceptors (Lipinski definition) is 2. The van der Waals surface area contributed by atoms with Gasteiger partial charge in [0.1, 0.15) is 0 Å². The Morgan fingerprint density at radius 3 is 2.41 bits per heavy atom. The first-order valence-electron chi connectivity index (χ1n) is 9.10. The number of fused-ring (bicyclic) bond motifs is 1. The van der Waals surface area contributed by atoms with Gasteiger partial charge in [0.05, 0.1) is 29.1 Å². The maximum atomic E-state index is 13.0. The predicted octanol–water partition coefficient (Wildman–Crippen LogP) is 5.76. The molecule has 29 heavy (non-hydrogen) atoms. The highest BCUT2D eigenvalue weighted by molar-refractivity contribution is 6.17. The smallest absolute Gasteiger partial charge is 0.324 e. The van der Waals surface area contributed by atoms with Crippen molar-refractivity contribution in [3.63, 3.8) is 0 Å². The van der Waals surface area contributed by atoms with Crippen molar-refractivity contribution in [2.75, 3.05) is 5.32 Å². The molecule has 0 radical (unpaired) electrons. The number of alkyl halides is 3. The molecule has 0 unspecified atom stereocenters. The zero-order valence-corrected chi connectivity index (χ0v) is 15.3. The van der Waals surface area contributed by atoms with Crippen molar-refractivity contribution in [2.45, 2.75) is 19.0 Å². The number of carbonyl (C=O) groups excluding carboxylic acids is 1. The van der Waals surface area contributed by atoms with Gasteiger partial charge >= 0.3 is 6.18 Å². The third-order valence-corrected chi connectivity index (χ3v) is 4.69. The SMILES string of the molecule is O=C1CC(c2cccc(Cc3ccccc3)c2)=Nc2ccc(C(F)(F)F)cc2N1. The topological polar surface area (TPSA) is 41.5 Å². The van der Waals surface area contributed by atoms with Crippen molar-refractivity contribution in [3.8, 4) is 0 Å². The number of carbonyl (C=O) groups is 1. The van der Waals surface area contributed by atoms with Crippen molar-refractivity contribution in [3.05, 3.63) is 95.1 Å². The number of halogens is 3. The summed E-state index contributed by atoms with van der Waals surface area (Å²) in [7, 11) is 0. The van der Waals surface area contributed by atoms with Crippen LogP contribution in [0.2, 0.25) is 0 Å². The van der Waals surface area contributed by atoms with Gasteiger partial charge in [0.25, 0.3) is 0 Å². The molecular formula is C23H17F3N2O. The predicted molar refractivity (Wildman–Crippen MR) is 107 cm³/mol. The van der Waals surface area contributed by atoms with E-state index in [2.05, 4.69) is 10.3 Å². The van der Waals surface area contributed by atoms with E-state index in [1.807, 2.05) is 54.6 Å². The van der Waals surface area contributed by atoms with Gasteiger partial charge in [-0.2, -0.15) is 13.2 Å². The Bertz CT molecular complexity index is 1090. The average Bonchev–Trinajstić information content (AvgIpc) is 2.85. The Kier molecular flexibility index (Phi) is 4.92.